The van der Waals surface area contributed by atoms with E-state index in [4.69, 9.17) is 5.73 Å². The number of phenolic OH excluding ortho intramolecular Hbond substituents is 1. The maximum atomic E-state index is 12.5. The molecule has 0 aliphatic rings. The summed E-state index contributed by atoms with van der Waals surface area (Å²) < 4.78 is 0. The van der Waals surface area contributed by atoms with Crippen molar-refractivity contribution < 1.29 is 24.6 Å². The fraction of sp³-hybridized carbons (Fsp3) is 0.526. The van der Waals surface area contributed by atoms with Crippen LogP contribution in [0.1, 0.15) is 33.3 Å². The Morgan fingerprint density at radius 3 is 1.85 bits per heavy atom. The maximum Gasteiger partial charge on any atom is 0.326 e. The molecule has 8 nitrogen and oxygen atoms in total. The molecule has 1 aromatic rings. The first-order valence-corrected chi connectivity index (χ1v) is 8.90. The molecule has 6 N–H and O–H groups in total. The number of carbonyl (C=O) groups is 3. The number of carbonyl (C=O) groups excluding carboxylic acids is 2. The lowest BCUT2D eigenvalue weighted by Crippen LogP contribution is -2.57. The second-order valence-electron chi connectivity index (χ2n) is 7.28. The Bertz CT molecular complexity index is 658. The molecule has 0 radical (unpaired) electrons. The molecule has 0 aliphatic carbocycles. The Kier molecular flexibility index (Phi) is 8.24. The van der Waals surface area contributed by atoms with Crippen molar-refractivity contribution in [2.75, 3.05) is 0 Å². The number of aromatic hydroxyl groups is 1. The van der Waals surface area contributed by atoms with E-state index >= 15 is 0 Å². The molecular weight excluding hydrogens is 350 g/mol. The van der Waals surface area contributed by atoms with Crippen molar-refractivity contribution in [1.82, 2.24) is 10.6 Å². The summed E-state index contributed by atoms with van der Waals surface area (Å²) in [5.74, 6) is -2.63. The molecule has 0 aromatic heterocycles. The third-order valence-corrected chi connectivity index (χ3v) is 4.21. The molecule has 8 heteroatoms. The molecule has 0 bridgehead atoms. The number of aliphatic carboxylic acids is 1. The van der Waals surface area contributed by atoms with E-state index in [0.29, 0.717) is 0 Å². The Balaban J connectivity index is 2.76. The highest BCUT2D eigenvalue weighted by Gasteiger charge is 2.31. The first kappa shape index (κ1) is 22.4. The zero-order valence-corrected chi connectivity index (χ0v) is 16.1. The van der Waals surface area contributed by atoms with Gasteiger partial charge in [0.2, 0.25) is 11.8 Å². The van der Waals surface area contributed by atoms with E-state index < -0.39 is 35.9 Å². The summed E-state index contributed by atoms with van der Waals surface area (Å²) in [4.78, 5) is 36.2. The quantitative estimate of drug-likeness (QED) is 0.426. The van der Waals surface area contributed by atoms with Crippen LogP contribution >= 0.6 is 0 Å². The van der Waals surface area contributed by atoms with Gasteiger partial charge in [-0.15, -0.1) is 0 Å². The van der Waals surface area contributed by atoms with E-state index in [9.17, 15) is 24.6 Å². The number of nitrogens with one attached hydrogen (secondary N) is 2. The highest BCUT2D eigenvalue weighted by atomic mass is 16.4. The summed E-state index contributed by atoms with van der Waals surface area (Å²) in [6, 6.07) is 3.50. The Labute approximate surface area is 159 Å². The summed E-state index contributed by atoms with van der Waals surface area (Å²) >= 11 is 0. The molecule has 2 amide bonds. The number of rotatable bonds is 9. The molecule has 27 heavy (non-hydrogen) atoms. The van der Waals surface area contributed by atoms with E-state index in [1.807, 2.05) is 0 Å². The van der Waals surface area contributed by atoms with E-state index in [1.54, 1.807) is 39.8 Å². The average Bonchev–Trinajstić information content (AvgIpc) is 2.58. The van der Waals surface area contributed by atoms with Crippen LogP contribution in [0.5, 0.6) is 5.75 Å². The van der Waals surface area contributed by atoms with Crippen LogP contribution in [0, 0.1) is 11.8 Å². The molecule has 3 unspecified atom stereocenters. The number of carboxylic acid groups (broad SMARTS) is 1. The Morgan fingerprint density at radius 1 is 0.926 bits per heavy atom. The van der Waals surface area contributed by atoms with Crippen LogP contribution in [0.2, 0.25) is 0 Å². The van der Waals surface area contributed by atoms with E-state index in [-0.39, 0.29) is 24.0 Å². The average molecular weight is 379 g/mol. The van der Waals surface area contributed by atoms with Gasteiger partial charge in [0.1, 0.15) is 17.8 Å². The van der Waals surface area contributed by atoms with Crippen molar-refractivity contribution in [3.63, 3.8) is 0 Å². The monoisotopic (exact) mass is 379 g/mol. The number of carboxylic acids is 1. The number of nitrogens with two attached hydrogens (primary N) is 1. The number of benzene rings is 1. The van der Waals surface area contributed by atoms with Gasteiger partial charge >= 0.3 is 5.97 Å². The van der Waals surface area contributed by atoms with Crippen molar-refractivity contribution in [1.29, 1.82) is 0 Å². The van der Waals surface area contributed by atoms with Gasteiger partial charge in [-0.1, -0.05) is 39.8 Å². The first-order chi connectivity index (χ1) is 12.5. The van der Waals surface area contributed by atoms with Gasteiger partial charge in [-0.3, -0.25) is 9.59 Å². The van der Waals surface area contributed by atoms with Gasteiger partial charge in [-0.05, 0) is 36.0 Å². The van der Waals surface area contributed by atoms with Crippen LogP contribution in [0.25, 0.3) is 0 Å². The van der Waals surface area contributed by atoms with E-state index in [0.717, 1.165) is 5.56 Å². The lowest BCUT2D eigenvalue weighted by Gasteiger charge is -2.26. The Morgan fingerprint density at radius 2 is 1.41 bits per heavy atom. The predicted octanol–water partition coefficient (Wildman–Crippen LogP) is 0.628. The minimum Gasteiger partial charge on any atom is -0.508 e. The standard InChI is InChI=1S/C19H29N3O5/c1-10(2)15(18(25)22-16(11(3)4)19(26)27)21-17(24)14(20)9-12-5-7-13(23)8-6-12/h5-8,10-11,14-16,23H,9,20H2,1-4H3,(H,21,24)(H,22,25)(H,26,27). The van der Waals surface area contributed by atoms with Crippen LogP contribution < -0.4 is 16.4 Å². The van der Waals surface area contributed by atoms with Crippen molar-refractivity contribution in [3.05, 3.63) is 29.8 Å². The van der Waals surface area contributed by atoms with Gasteiger partial charge in [-0.2, -0.15) is 0 Å². The largest absolute Gasteiger partial charge is 0.508 e. The Hall–Kier alpha value is -2.61. The third-order valence-electron chi connectivity index (χ3n) is 4.21. The fourth-order valence-corrected chi connectivity index (χ4v) is 2.53. The molecular formula is C19H29N3O5. The molecule has 0 heterocycles. The van der Waals surface area contributed by atoms with Crippen LogP contribution in [-0.4, -0.2) is 46.1 Å². The van der Waals surface area contributed by atoms with Gasteiger partial charge < -0.3 is 26.6 Å². The highest BCUT2D eigenvalue weighted by Crippen LogP contribution is 2.11. The highest BCUT2D eigenvalue weighted by molar-refractivity contribution is 5.92. The number of hydrogen-bond acceptors (Lipinski definition) is 5. The lowest BCUT2D eigenvalue weighted by molar-refractivity contribution is -0.143. The van der Waals surface area contributed by atoms with Crippen molar-refractivity contribution in [2.45, 2.75) is 52.2 Å². The summed E-state index contributed by atoms with van der Waals surface area (Å²) in [5, 5.41) is 23.6. The SMILES string of the molecule is CC(C)C(NC(=O)C(NC(=O)C(N)Cc1ccc(O)cc1)C(C)C)C(=O)O. The number of hydrogen-bond donors (Lipinski definition) is 5. The van der Waals surface area contributed by atoms with E-state index in [1.165, 1.54) is 12.1 Å². The zero-order valence-electron chi connectivity index (χ0n) is 16.1. The van der Waals surface area contributed by atoms with Crippen molar-refractivity contribution >= 4 is 17.8 Å². The minimum atomic E-state index is -1.13. The van der Waals surface area contributed by atoms with Gasteiger partial charge in [-0.25, -0.2) is 4.79 Å². The number of amides is 2. The molecule has 1 rings (SSSR count). The molecule has 0 spiro atoms. The topological polar surface area (TPSA) is 142 Å². The van der Waals surface area contributed by atoms with Crippen molar-refractivity contribution in [2.24, 2.45) is 17.6 Å². The smallest absolute Gasteiger partial charge is 0.326 e. The molecule has 1 aromatic carbocycles. The van der Waals surface area contributed by atoms with Crippen LogP contribution in [-0.2, 0) is 20.8 Å². The lowest BCUT2D eigenvalue weighted by atomic mass is 9.99. The second kappa shape index (κ2) is 9.91. The summed E-state index contributed by atoms with van der Waals surface area (Å²) in [7, 11) is 0. The van der Waals surface area contributed by atoms with Crippen LogP contribution in [0.3, 0.4) is 0 Å². The third kappa shape index (κ3) is 6.90. The molecule has 0 aliphatic heterocycles. The predicted molar refractivity (Wildman–Crippen MR) is 101 cm³/mol. The summed E-state index contributed by atoms with van der Waals surface area (Å²) in [5.41, 5.74) is 6.70. The second-order valence-corrected chi connectivity index (χ2v) is 7.28. The summed E-state index contributed by atoms with van der Waals surface area (Å²) in [6.07, 6.45) is 0.238. The molecule has 150 valence electrons. The van der Waals surface area contributed by atoms with Gasteiger partial charge in [0.15, 0.2) is 0 Å². The maximum absolute atomic E-state index is 12.5. The zero-order chi connectivity index (χ0) is 20.7. The number of phenols is 1. The van der Waals surface area contributed by atoms with Crippen LogP contribution in [0.15, 0.2) is 24.3 Å². The molecule has 0 saturated heterocycles. The van der Waals surface area contributed by atoms with Gasteiger partial charge in [0.25, 0.3) is 0 Å². The van der Waals surface area contributed by atoms with Gasteiger partial charge in [0.05, 0.1) is 6.04 Å². The molecule has 0 fully saturated rings. The van der Waals surface area contributed by atoms with E-state index in [2.05, 4.69) is 10.6 Å². The summed E-state index contributed by atoms with van der Waals surface area (Å²) in [6.45, 7) is 6.88. The van der Waals surface area contributed by atoms with Crippen LogP contribution in [0.4, 0.5) is 0 Å². The molecule has 3 atom stereocenters. The first-order valence-electron chi connectivity index (χ1n) is 8.90. The molecule has 0 saturated carbocycles. The minimum absolute atomic E-state index is 0.117. The van der Waals surface area contributed by atoms with Crippen molar-refractivity contribution in [3.8, 4) is 5.75 Å². The fourth-order valence-electron chi connectivity index (χ4n) is 2.53. The van der Waals surface area contributed by atoms with Gasteiger partial charge in [0, 0.05) is 0 Å². The normalized spacial score (nSPS) is 14.5.